The van der Waals surface area contributed by atoms with Crippen molar-refractivity contribution in [1.29, 1.82) is 0 Å². The van der Waals surface area contributed by atoms with Gasteiger partial charge in [-0.05, 0) is 37.7 Å². The van der Waals surface area contributed by atoms with Gasteiger partial charge in [0.15, 0.2) is 0 Å². The highest BCUT2D eigenvalue weighted by molar-refractivity contribution is 5.28. The first-order valence-electron chi connectivity index (χ1n) is 8.71. The minimum atomic E-state index is 0.234. The summed E-state index contributed by atoms with van der Waals surface area (Å²) in [5, 5.41) is 0. The van der Waals surface area contributed by atoms with Crippen LogP contribution in [0.2, 0.25) is 0 Å². The second-order valence-electron chi connectivity index (χ2n) is 6.62. The van der Waals surface area contributed by atoms with Crippen molar-refractivity contribution in [2.75, 3.05) is 0 Å². The number of allylic oxidation sites excluding steroid dienone is 1. The Balaban J connectivity index is 2.00. The predicted octanol–water partition coefficient (Wildman–Crippen LogP) is 5.35. The Labute approximate surface area is 130 Å². The van der Waals surface area contributed by atoms with Crippen molar-refractivity contribution in [1.82, 2.24) is 0 Å². The van der Waals surface area contributed by atoms with Gasteiger partial charge in [0.2, 0.25) is 0 Å². The molecule has 0 saturated heterocycles. The fourth-order valence-corrected chi connectivity index (χ4v) is 3.93. The lowest BCUT2D eigenvalue weighted by molar-refractivity contribution is 0.231. The van der Waals surface area contributed by atoms with Gasteiger partial charge in [-0.3, -0.25) is 0 Å². The molecular formula is C20H31N. The summed E-state index contributed by atoms with van der Waals surface area (Å²) in [4.78, 5) is 0. The summed E-state index contributed by atoms with van der Waals surface area (Å²) in [7, 11) is 0. The summed E-state index contributed by atoms with van der Waals surface area (Å²) >= 11 is 0. The standard InChI is InChI=1S/C20H31N/c1-2-3-4-5-10-15-19(21)20(16-11-7-12-17-20)18-13-8-6-9-14-18/h2,6,8-9,13-14,19H,1,3-5,7,10-12,15-17,21H2. The lowest BCUT2D eigenvalue weighted by atomic mass is 9.64. The van der Waals surface area contributed by atoms with Gasteiger partial charge in [-0.1, -0.05) is 68.5 Å². The van der Waals surface area contributed by atoms with E-state index in [1.54, 1.807) is 0 Å². The van der Waals surface area contributed by atoms with Crippen molar-refractivity contribution in [3.63, 3.8) is 0 Å². The molecule has 0 heterocycles. The Morgan fingerprint density at radius 1 is 1.05 bits per heavy atom. The third-order valence-corrected chi connectivity index (χ3v) is 5.23. The van der Waals surface area contributed by atoms with Gasteiger partial charge in [0.1, 0.15) is 0 Å². The molecule has 0 aliphatic heterocycles. The Hall–Kier alpha value is -1.08. The third-order valence-electron chi connectivity index (χ3n) is 5.23. The van der Waals surface area contributed by atoms with Crippen molar-refractivity contribution in [2.24, 2.45) is 5.73 Å². The maximum Gasteiger partial charge on any atom is 0.0136 e. The molecule has 1 unspecified atom stereocenters. The largest absolute Gasteiger partial charge is 0.327 e. The van der Waals surface area contributed by atoms with Gasteiger partial charge >= 0.3 is 0 Å². The number of nitrogens with two attached hydrogens (primary N) is 1. The van der Waals surface area contributed by atoms with E-state index in [4.69, 9.17) is 5.73 Å². The van der Waals surface area contributed by atoms with Crippen LogP contribution in [-0.4, -0.2) is 6.04 Å². The Morgan fingerprint density at radius 3 is 2.43 bits per heavy atom. The third kappa shape index (κ3) is 4.20. The molecule has 1 aromatic carbocycles. The minimum Gasteiger partial charge on any atom is -0.327 e. The Morgan fingerprint density at radius 2 is 1.76 bits per heavy atom. The smallest absolute Gasteiger partial charge is 0.0136 e. The average Bonchev–Trinajstić information content (AvgIpc) is 2.56. The van der Waals surface area contributed by atoms with Crippen molar-refractivity contribution in [2.45, 2.75) is 75.7 Å². The van der Waals surface area contributed by atoms with E-state index in [2.05, 4.69) is 36.9 Å². The zero-order valence-electron chi connectivity index (χ0n) is 13.4. The van der Waals surface area contributed by atoms with Crippen LogP contribution < -0.4 is 5.73 Å². The molecule has 2 rings (SSSR count). The summed E-state index contributed by atoms with van der Waals surface area (Å²) in [6, 6.07) is 11.3. The van der Waals surface area contributed by atoms with Crippen molar-refractivity contribution in [3.8, 4) is 0 Å². The van der Waals surface area contributed by atoms with Crippen LogP contribution in [0.25, 0.3) is 0 Å². The predicted molar refractivity (Wildman–Crippen MR) is 92.5 cm³/mol. The molecule has 1 heteroatoms. The van der Waals surface area contributed by atoms with E-state index in [0.29, 0.717) is 6.04 Å². The zero-order chi connectivity index (χ0) is 15.0. The molecule has 2 N–H and O–H groups in total. The summed E-state index contributed by atoms with van der Waals surface area (Å²) in [5.41, 5.74) is 8.42. The lowest BCUT2D eigenvalue weighted by Crippen LogP contribution is -2.46. The first-order valence-corrected chi connectivity index (χ1v) is 8.71. The van der Waals surface area contributed by atoms with E-state index in [1.165, 1.54) is 56.9 Å². The molecule has 1 nitrogen and oxygen atoms in total. The maximum absolute atomic E-state index is 6.71. The van der Waals surface area contributed by atoms with E-state index in [9.17, 15) is 0 Å². The first kappa shape index (κ1) is 16.3. The summed E-state index contributed by atoms with van der Waals surface area (Å²) in [6.07, 6.45) is 14.7. The molecule has 0 radical (unpaired) electrons. The van der Waals surface area contributed by atoms with E-state index in [1.807, 2.05) is 6.08 Å². The fraction of sp³-hybridized carbons (Fsp3) is 0.600. The van der Waals surface area contributed by atoms with Crippen molar-refractivity contribution in [3.05, 3.63) is 48.6 Å². The molecule has 0 aromatic heterocycles. The second kappa shape index (κ2) is 8.38. The highest BCUT2D eigenvalue weighted by Crippen LogP contribution is 2.42. The molecule has 116 valence electrons. The maximum atomic E-state index is 6.71. The van der Waals surface area contributed by atoms with Crippen LogP contribution in [0.4, 0.5) is 0 Å². The van der Waals surface area contributed by atoms with Crippen LogP contribution in [0.5, 0.6) is 0 Å². The quantitative estimate of drug-likeness (QED) is 0.505. The van der Waals surface area contributed by atoms with Gasteiger partial charge in [-0.2, -0.15) is 0 Å². The molecule has 0 amide bonds. The van der Waals surface area contributed by atoms with E-state index in [-0.39, 0.29) is 5.41 Å². The SMILES string of the molecule is C=CCCCCCC(N)C1(c2ccccc2)CCCCC1. The number of unbranched alkanes of at least 4 members (excludes halogenated alkanes) is 3. The molecule has 21 heavy (non-hydrogen) atoms. The fourth-order valence-electron chi connectivity index (χ4n) is 3.93. The molecule has 1 aliphatic rings. The highest BCUT2D eigenvalue weighted by atomic mass is 14.7. The monoisotopic (exact) mass is 285 g/mol. The van der Waals surface area contributed by atoms with Gasteiger partial charge < -0.3 is 5.73 Å². The van der Waals surface area contributed by atoms with Crippen LogP contribution in [-0.2, 0) is 5.41 Å². The number of hydrogen-bond donors (Lipinski definition) is 1. The normalized spacial score (nSPS) is 19.1. The number of benzene rings is 1. The first-order chi connectivity index (χ1) is 10.3. The van der Waals surface area contributed by atoms with Gasteiger partial charge in [0.05, 0.1) is 0 Å². The summed E-state index contributed by atoms with van der Waals surface area (Å²) in [5.74, 6) is 0. The van der Waals surface area contributed by atoms with Crippen LogP contribution in [0.15, 0.2) is 43.0 Å². The molecule has 1 saturated carbocycles. The average molecular weight is 285 g/mol. The molecular weight excluding hydrogens is 254 g/mol. The number of hydrogen-bond acceptors (Lipinski definition) is 1. The molecule has 1 aliphatic carbocycles. The lowest BCUT2D eigenvalue weighted by Gasteiger charge is -2.43. The van der Waals surface area contributed by atoms with Gasteiger partial charge in [-0.15, -0.1) is 6.58 Å². The molecule has 0 bridgehead atoms. The van der Waals surface area contributed by atoms with Gasteiger partial charge in [0.25, 0.3) is 0 Å². The van der Waals surface area contributed by atoms with Crippen LogP contribution >= 0.6 is 0 Å². The summed E-state index contributed by atoms with van der Waals surface area (Å²) in [6.45, 7) is 3.79. The van der Waals surface area contributed by atoms with Crippen LogP contribution in [0, 0.1) is 0 Å². The van der Waals surface area contributed by atoms with E-state index >= 15 is 0 Å². The van der Waals surface area contributed by atoms with E-state index in [0.717, 1.165) is 12.8 Å². The zero-order valence-corrected chi connectivity index (χ0v) is 13.4. The topological polar surface area (TPSA) is 26.0 Å². The Bertz CT molecular complexity index is 403. The van der Waals surface area contributed by atoms with Crippen LogP contribution in [0.1, 0.15) is 69.8 Å². The van der Waals surface area contributed by atoms with Gasteiger partial charge in [-0.25, -0.2) is 0 Å². The Kier molecular flexibility index (Phi) is 6.50. The molecule has 1 fully saturated rings. The van der Waals surface area contributed by atoms with Crippen molar-refractivity contribution >= 4 is 0 Å². The van der Waals surface area contributed by atoms with E-state index < -0.39 is 0 Å². The second-order valence-corrected chi connectivity index (χ2v) is 6.62. The molecule has 0 spiro atoms. The molecule has 1 atom stereocenters. The van der Waals surface area contributed by atoms with Gasteiger partial charge in [0, 0.05) is 11.5 Å². The van der Waals surface area contributed by atoms with Crippen molar-refractivity contribution < 1.29 is 0 Å². The summed E-state index contributed by atoms with van der Waals surface area (Å²) < 4.78 is 0. The highest BCUT2D eigenvalue weighted by Gasteiger charge is 2.38. The van der Waals surface area contributed by atoms with Crippen LogP contribution in [0.3, 0.4) is 0 Å². The minimum absolute atomic E-state index is 0.234. The number of rotatable bonds is 8. The molecule has 1 aromatic rings.